The van der Waals surface area contributed by atoms with E-state index in [0.29, 0.717) is 12.4 Å². The normalized spacial score (nSPS) is 10.6. The van der Waals surface area contributed by atoms with E-state index < -0.39 is 0 Å². The van der Waals surface area contributed by atoms with E-state index in [1.165, 1.54) is 32.1 Å². The number of benzene rings is 1. The zero-order chi connectivity index (χ0) is 17.0. The molecule has 0 fully saturated rings. The van der Waals surface area contributed by atoms with Gasteiger partial charge in [0, 0.05) is 5.56 Å². The fraction of sp³-hybridized carbons (Fsp3) is 0.500. The third kappa shape index (κ3) is 6.19. The molecule has 0 bridgehead atoms. The Hall–Kier alpha value is -2.10. The molecule has 0 saturated heterocycles. The Balaban J connectivity index is 1.79. The van der Waals surface area contributed by atoms with E-state index in [4.69, 9.17) is 9.47 Å². The minimum Gasteiger partial charge on any atom is -0.494 e. The summed E-state index contributed by atoms with van der Waals surface area (Å²) in [6, 6.07) is 7.82. The molecule has 1 aromatic carbocycles. The number of nitrogens with zero attached hydrogens (tertiary/aromatic N) is 2. The van der Waals surface area contributed by atoms with Crippen LogP contribution >= 0.6 is 0 Å². The maximum Gasteiger partial charge on any atom is 0.159 e. The second-order valence-electron chi connectivity index (χ2n) is 5.82. The molecule has 1 heterocycles. The van der Waals surface area contributed by atoms with Gasteiger partial charge in [0.05, 0.1) is 25.6 Å². The molecule has 0 atom stereocenters. The van der Waals surface area contributed by atoms with Crippen LogP contribution in [0, 0.1) is 0 Å². The number of hydrogen-bond donors (Lipinski definition) is 0. The minimum atomic E-state index is 0.648. The van der Waals surface area contributed by atoms with Gasteiger partial charge in [-0.25, -0.2) is 9.97 Å². The van der Waals surface area contributed by atoms with Crippen LogP contribution in [0.3, 0.4) is 0 Å². The van der Waals surface area contributed by atoms with Crippen LogP contribution < -0.4 is 9.47 Å². The molecule has 0 aliphatic carbocycles. The molecule has 24 heavy (non-hydrogen) atoms. The van der Waals surface area contributed by atoms with Gasteiger partial charge in [-0.3, -0.25) is 0 Å². The van der Waals surface area contributed by atoms with Gasteiger partial charge in [0.2, 0.25) is 0 Å². The molecule has 4 nitrogen and oxygen atoms in total. The Kier molecular flexibility index (Phi) is 8.08. The number of rotatable bonds is 11. The Labute approximate surface area is 145 Å². The van der Waals surface area contributed by atoms with Crippen LogP contribution in [-0.4, -0.2) is 23.2 Å². The van der Waals surface area contributed by atoms with Gasteiger partial charge in [-0.15, -0.1) is 0 Å². The predicted octanol–water partition coefficient (Wildman–Crippen LogP) is 5.28. The van der Waals surface area contributed by atoms with Gasteiger partial charge in [0.15, 0.2) is 11.6 Å². The van der Waals surface area contributed by atoms with Crippen molar-refractivity contribution < 1.29 is 9.47 Å². The van der Waals surface area contributed by atoms with Crippen LogP contribution in [0.25, 0.3) is 11.4 Å². The molecule has 0 saturated carbocycles. The molecule has 0 unspecified atom stereocenters. The van der Waals surface area contributed by atoms with Gasteiger partial charge in [0.25, 0.3) is 0 Å². The Morgan fingerprint density at radius 1 is 0.833 bits per heavy atom. The van der Waals surface area contributed by atoms with Gasteiger partial charge >= 0.3 is 0 Å². The summed E-state index contributed by atoms with van der Waals surface area (Å²) in [5.74, 6) is 2.25. The van der Waals surface area contributed by atoms with E-state index in [0.717, 1.165) is 30.1 Å². The maximum atomic E-state index is 5.72. The van der Waals surface area contributed by atoms with Crippen molar-refractivity contribution in [2.45, 2.75) is 52.4 Å². The van der Waals surface area contributed by atoms with E-state index in [1.54, 1.807) is 12.4 Å². The highest BCUT2D eigenvalue weighted by Crippen LogP contribution is 2.21. The van der Waals surface area contributed by atoms with Crippen molar-refractivity contribution in [3.05, 3.63) is 36.7 Å². The summed E-state index contributed by atoms with van der Waals surface area (Å²) < 4.78 is 11.2. The van der Waals surface area contributed by atoms with Gasteiger partial charge < -0.3 is 9.47 Å². The lowest BCUT2D eigenvalue weighted by molar-refractivity contribution is 0.302. The van der Waals surface area contributed by atoms with Gasteiger partial charge in [-0.1, -0.05) is 51.2 Å². The summed E-state index contributed by atoms with van der Waals surface area (Å²) >= 11 is 0. The molecule has 130 valence electrons. The zero-order valence-corrected chi connectivity index (χ0v) is 14.8. The van der Waals surface area contributed by atoms with Crippen LogP contribution in [0.4, 0.5) is 0 Å². The highest BCUT2D eigenvalue weighted by atomic mass is 16.5. The van der Waals surface area contributed by atoms with E-state index in [2.05, 4.69) is 16.9 Å². The Morgan fingerprint density at radius 2 is 1.58 bits per heavy atom. The van der Waals surface area contributed by atoms with Crippen LogP contribution in [0.15, 0.2) is 36.7 Å². The first kappa shape index (κ1) is 18.2. The second kappa shape index (κ2) is 10.6. The quantitative estimate of drug-likeness (QED) is 0.526. The molecular formula is C20H28N2O2. The molecule has 0 amide bonds. The maximum absolute atomic E-state index is 5.72. The van der Waals surface area contributed by atoms with Crippen LogP contribution in [0.5, 0.6) is 11.5 Å². The summed E-state index contributed by atoms with van der Waals surface area (Å²) in [5.41, 5.74) is 0.948. The van der Waals surface area contributed by atoms with E-state index in [9.17, 15) is 0 Å². The lowest BCUT2D eigenvalue weighted by Crippen LogP contribution is -1.99. The molecular weight excluding hydrogens is 300 g/mol. The lowest BCUT2D eigenvalue weighted by atomic mass is 10.1. The summed E-state index contributed by atoms with van der Waals surface area (Å²) in [6.07, 6.45) is 11.0. The van der Waals surface area contributed by atoms with Gasteiger partial charge in [-0.05, 0) is 25.5 Å². The van der Waals surface area contributed by atoms with Crippen LogP contribution in [0.2, 0.25) is 0 Å². The standard InChI is InChI=1S/C20H28N2O2/c1-3-5-6-7-8-9-13-24-19-15-21-20(22-16-19)17-11-10-12-18(14-17)23-4-2/h10-12,14-16H,3-9,13H2,1-2H3. The molecule has 1 aromatic heterocycles. The molecule has 0 aliphatic rings. The number of unbranched alkanes of at least 4 members (excludes halogenated alkanes) is 5. The lowest BCUT2D eigenvalue weighted by Gasteiger charge is -2.07. The average Bonchev–Trinajstić information content (AvgIpc) is 2.62. The third-order valence-corrected chi connectivity index (χ3v) is 3.80. The Morgan fingerprint density at radius 3 is 2.33 bits per heavy atom. The predicted molar refractivity (Wildman–Crippen MR) is 97.5 cm³/mol. The fourth-order valence-corrected chi connectivity index (χ4v) is 2.50. The second-order valence-corrected chi connectivity index (χ2v) is 5.82. The van der Waals surface area contributed by atoms with Crippen molar-refractivity contribution in [3.8, 4) is 22.9 Å². The molecule has 0 aliphatic heterocycles. The Bertz CT molecular complexity index is 584. The van der Waals surface area contributed by atoms with Gasteiger partial charge in [-0.2, -0.15) is 0 Å². The summed E-state index contributed by atoms with van der Waals surface area (Å²) in [5, 5.41) is 0. The highest BCUT2D eigenvalue weighted by molar-refractivity contribution is 5.57. The summed E-state index contributed by atoms with van der Waals surface area (Å²) in [7, 11) is 0. The van der Waals surface area contributed by atoms with Crippen molar-refractivity contribution in [1.29, 1.82) is 0 Å². The largest absolute Gasteiger partial charge is 0.494 e. The highest BCUT2D eigenvalue weighted by Gasteiger charge is 2.04. The number of aromatic nitrogens is 2. The first-order chi connectivity index (χ1) is 11.8. The summed E-state index contributed by atoms with van der Waals surface area (Å²) in [4.78, 5) is 8.80. The smallest absolute Gasteiger partial charge is 0.159 e. The van der Waals surface area contributed by atoms with Crippen molar-refractivity contribution in [2.75, 3.05) is 13.2 Å². The zero-order valence-electron chi connectivity index (χ0n) is 14.8. The van der Waals surface area contributed by atoms with Crippen molar-refractivity contribution in [2.24, 2.45) is 0 Å². The SMILES string of the molecule is CCCCCCCCOc1cnc(-c2cccc(OCC)c2)nc1. The molecule has 2 aromatic rings. The fourth-order valence-electron chi connectivity index (χ4n) is 2.50. The number of hydrogen-bond acceptors (Lipinski definition) is 4. The molecule has 0 N–H and O–H groups in total. The first-order valence-corrected chi connectivity index (χ1v) is 9.01. The van der Waals surface area contributed by atoms with E-state index >= 15 is 0 Å². The molecule has 0 spiro atoms. The first-order valence-electron chi connectivity index (χ1n) is 9.01. The van der Waals surface area contributed by atoms with Crippen molar-refractivity contribution in [1.82, 2.24) is 9.97 Å². The third-order valence-electron chi connectivity index (χ3n) is 3.80. The molecule has 0 radical (unpaired) electrons. The van der Waals surface area contributed by atoms with Crippen molar-refractivity contribution >= 4 is 0 Å². The topological polar surface area (TPSA) is 44.2 Å². The van der Waals surface area contributed by atoms with Crippen LogP contribution in [-0.2, 0) is 0 Å². The van der Waals surface area contributed by atoms with Crippen LogP contribution in [0.1, 0.15) is 52.4 Å². The van der Waals surface area contributed by atoms with E-state index in [-0.39, 0.29) is 0 Å². The molecule has 2 rings (SSSR count). The molecule has 4 heteroatoms. The summed E-state index contributed by atoms with van der Waals surface area (Å²) in [6.45, 7) is 5.59. The van der Waals surface area contributed by atoms with E-state index in [1.807, 2.05) is 31.2 Å². The average molecular weight is 328 g/mol. The monoisotopic (exact) mass is 328 g/mol. The van der Waals surface area contributed by atoms with Crippen molar-refractivity contribution in [3.63, 3.8) is 0 Å². The van der Waals surface area contributed by atoms with Gasteiger partial charge in [0.1, 0.15) is 5.75 Å². The number of ether oxygens (including phenoxy) is 2. The minimum absolute atomic E-state index is 0.648.